The number of methoxy groups -OCH3 is 2. The van der Waals surface area contributed by atoms with Gasteiger partial charge in [0.15, 0.2) is 0 Å². The number of ether oxygens (including phenoxy) is 2. The van der Waals surface area contributed by atoms with E-state index in [1.807, 2.05) is 70.0 Å². The first kappa shape index (κ1) is 42.5. The lowest BCUT2D eigenvalue weighted by molar-refractivity contribution is 0.413. The summed E-state index contributed by atoms with van der Waals surface area (Å²) in [6.45, 7) is 1.62. The number of anilines is 4. The van der Waals surface area contributed by atoms with Gasteiger partial charge in [-0.05, 0) is 85.3 Å². The molecule has 8 aromatic rings. The van der Waals surface area contributed by atoms with Crippen LogP contribution in [0.1, 0.15) is 73.1 Å². The van der Waals surface area contributed by atoms with Crippen LogP contribution in [0.3, 0.4) is 0 Å². The maximum atomic E-state index is 13.4. The summed E-state index contributed by atoms with van der Waals surface area (Å²) in [4.78, 5) is 17.7. The Bertz CT molecular complexity index is 2670. The zero-order chi connectivity index (χ0) is 44.2. The van der Waals surface area contributed by atoms with Crippen molar-refractivity contribution in [1.29, 1.82) is 0 Å². The molecule has 328 valence electrons. The highest BCUT2D eigenvalue weighted by Gasteiger charge is 2.26. The van der Waals surface area contributed by atoms with E-state index in [0.717, 1.165) is 97.1 Å². The molecule has 4 aromatic carbocycles. The standard InChI is InChI=1S/2C23H22ClFN6O/c2*1-32-20-12-17(9-10-19(20)30-13-21(24)26-14-30)27-23-28-22-18(4-2-3-11-31(22)29-23)15-5-7-16(25)8-6-15/h2*5-10,12-14,18H,2-4,11H2,1H3,(H,27,29)/t2*18-/m10/s1. The van der Waals surface area contributed by atoms with Crippen LogP contribution in [0.4, 0.5) is 32.1 Å². The third-order valence-corrected chi connectivity index (χ3v) is 11.7. The second-order valence-electron chi connectivity index (χ2n) is 15.5. The Labute approximate surface area is 377 Å². The lowest BCUT2D eigenvalue weighted by Crippen LogP contribution is -2.08. The third kappa shape index (κ3) is 9.43. The minimum absolute atomic E-state index is 0.0871. The van der Waals surface area contributed by atoms with Crippen molar-refractivity contribution in [1.82, 2.24) is 48.6 Å². The van der Waals surface area contributed by atoms with Crippen LogP contribution >= 0.6 is 23.2 Å². The minimum atomic E-state index is -0.235. The number of benzene rings is 4. The molecule has 18 heteroatoms. The quantitative estimate of drug-likeness (QED) is 0.136. The molecule has 0 radical (unpaired) electrons. The number of nitrogens with zero attached hydrogens (tertiary/aromatic N) is 10. The summed E-state index contributed by atoms with van der Waals surface area (Å²) >= 11 is 11.9. The number of aromatic nitrogens is 10. The molecule has 0 saturated carbocycles. The number of rotatable bonds is 10. The summed E-state index contributed by atoms with van der Waals surface area (Å²) in [5, 5.41) is 16.8. The van der Waals surface area contributed by atoms with Crippen LogP contribution < -0.4 is 20.1 Å². The minimum Gasteiger partial charge on any atom is -0.494 e. The topological polar surface area (TPSA) is 140 Å². The molecule has 4 aromatic heterocycles. The fourth-order valence-electron chi connectivity index (χ4n) is 8.22. The molecule has 10 rings (SSSR count). The average molecular weight is 906 g/mol. The predicted molar refractivity (Wildman–Crippen MR) is 241 cm³/mol. The van der Waals surface area contributed by atoms with Gasteiger partial charge in [-0.1, -0.05) is 60.3 Å². The summed E-state index contributed by atoms with van der Waals surface area (Å²) < 4.78 is 45.5. The second-order valence-corrected chi connectivity index (χ2v) is 16.2. The van der Waals surface area contributed by atoms with Crippen LogP contribution in [-0.2, 0) is 13.1 Å². The van der Waals surface area contributed by atoms with Crippen molar-refractivity contribution < 1.29 is 18.3 Å². The molecule has 2 N–H and O–H groups in total. The van der Waals surface area contributed by atoms with Gasteiger partial charge < -0.3 is 29.2 Å². The van der Waals surface area contributed by atoms with E-state index in [9.17, 15) is 8.78 Å². The maximum absolute atomic E-state index is 13.4. The molecule has 2 aliphatic heterocycles. The van der Waals surface area contributed by atoms with E-state index in [1.54, 1.807) is 48.4 Å². The van der Waals surface area contributed by atoms with Crippen molar-refractivity contribution in [3.63, 3.8) is 0 Å². The summed E-state index contributed by atoms with van der Waals surface area (Å²) in [5.41, 5.74) is 5.36. The van der Waals surface area contributed by atoms with E-state index in [2.05, 4.69) is 30.8 Å². The van der Waals surface area contributed by atoms with Crippen LogP contribution in [0.25, 0.3) is 11.4 Å². The van der Waals surface area contributed by atoms with Gasteiger partial charge in [0.05, 0.1) is 25.6 Å². The number of hydrogen-bond acceptors (Lipinski definition) is 10. The zero-order valence-electron chi connectivity index (χ0n) is 35.0. The van der Waals surface area contributed by atoms with Crippen LogP contribution in [0.15, 0.2) is 110 Å². The Morgan fingerprint density at radius 1 is 0.578 bits per heavy atom. The molecule has 64 heavy (non-hydrogen) atoms. The largest absolute Gasteiger partial charge is 0.494 e. The fraction of sp³-hybridized carbons (Fsp3) is 0.261. The molecular weight excluding hydrogens is 861 g/mol. The molecule has 14 nitrogen and oxygen atoms in total. The van der Waals surface area contributed by atoms with Crippen LogP contribution in [0, 0.1) is 11.6 Å². The Kier molecular flexibility index (Phi) is 12.6. The summed E-state index contributed by atoms with van der Waals surface area (Å²) in [6, 6.07) is 24.8. The molecule has 0 bridgehead atoms. The number of hydrogen-bond donors (Lipinski definition) is 2. The third-order valence-electron chi connectivity index (χ3n) is 11.3. The van der Waals surface area contributed by atoms with Gasteiger partial charge in [-0.25, -0.2) is 28.1 Å². The van der Waals surface area contributed by atoms with Gasteiger partial charge in [0.1, 0.15) is 57.7 Å². The molecule has 0 aliphatic carbocycles. The Balaban J connectivity index is 0.000000162. The smallest absolute Gasteiger partial charge is 0.246 e. The molecule has 0 amide bonds. The van der Waals surface area contributed by atoms with Crippen LogP contribution in [-0.4, -0.2) is 62.9 Å². The first-order chi connectivity index (χ1) is 31.2. The summed E-state index contributed by atoms with van der Waals surface area (Å²) in [6.07, 6.45) is 12.8. The average Bonchev–Trinajstić information content (AvgIpc) is 4.08. The summed E-state index contributed by atoms with van der Waals surface area (Å²) in [5.74, 6) is 3.87. The second kappa shape index (κ2) is 18.9. The van der Waals surface area contributed by atoms with Gasteiger partial charge in [0, 0.05) is 60.8 Å². The number of fused-ring (bicyclic) bond motifs is 2. The molecule has 0 fully saturated rings. The Morgan fingerprint density at radius 2 is 1.00 bits per heavy atom. The van der Waals surface area contributed by atoms with Crippen molar-refractivity contribution in [3.05, 3.63) is 155 Å². The van der Waals surface area contributed by atoms with Crippen molar-refractivity contribution in [2.75, 3.05) is 24.9 Å². The van der Waals surface area contributed by atoms with Crippen molar-refractivity contribution in [2.45, 2.75) is 63.5 Å². The number of imidazole rings is 2. The van der Waals surface area contributed by atoms with Gasteiger partial charge in [0.2, 0.25) is 11.9 Å². The predicted octanol–water partition coefficient (Wildman–Crippen LogP) is 10.6. The molecular formula is C46H44Cl2F2N12O2. The van der Waals surface area contributed by atoms with E-state index >= 15 is 0 Å². The van der Waals surface area contributed by atoms with E-state index in [1.165, 1.54) is 24.3 Å². The van der Waals surface area contributed by atoms with Crippen LogP contribution in [0.5, 0.6) is 11.5 Å². The lowest BCUT2D eigenvalue weighted by Gasteiger charge is -2.14. The molecule has 0 unspecified atom stereocenters. The van der Waals surface area contributed by atoms with E-state index in [0.29, 0.717) is 33.7 Å². The van der Waals surface area contributed by atoms with Gasteiger partial charge in [-0.2, -0.15) is 9.97 Å². The van der Waals surface area contributed by atoms with E-state index < -0.39 is 0 Å². The monoisotopic (exact) mass is 904 g/mol. The highest BCUT2D eigenvalue weighted by atomic mass is 35.5. The molecule has 2 aliphatic rings. The molecule has 0 saturated heterocycles. The SMILES string of the molecule is COc1cc(Nc2nc3n(n2)CCCC[C@@H]3c2ccc(F)cc2)ccc1-n1cnc(Cl)c1.COc1cc(Nc2nc3n(n2)CCCC[C@H]3c2ccc(F)cc2)ccc1-n1cnc(Cl)c1. The Morgan fingerprint density at radius 3 is 1.38 bits per heavy atom. The van der Waals surface area contributed by atoms with E-state index in [4.69, 9.17) is 42.6 Å². The normalized spacial score (nSPS) is 15.8. The van der Waals surface area contributed by atoms with E-state index in [-0.39, 0.29) is 23.5 Å². The summed E-state index contributed by atoms with van der Waals surface area (Å²) in [7, 11) is 3.23. The number of nitrogens with one attached hydrogen (secondary N) is 2. The van der Waals surface area contributed by atoms with Gasteiger partial charge in [-0.3, -0.25) is 0 Å². The maximum Gasteiger partial charge on any atom is 0.246 e. The highest BCUT2D eigenvalue weighted by molar-refractivity contribution is 6.29. The van der Waals surface area contributed by atoms with Gasteiger partial charge in [0.25, 0.3) is 0 Å². The lowest BCUT2D eigenvalue weighted by atomic mass is 9.93. The molecule has 6 heterocycles. The molecule has 0 spiro atoms. The van der Waals surface area contributed by atoms with Crippen LogP contribution in [0.2, 0.25) is 10.3 Å². The van der Waals surface area contributed by atoms with Crippen molar-refractivity contribution >= 4 is 46.5 Å². The highest BCUT2D eigenvalue weighted by Crippen LogP contribution is 2.36. The zero-order valence-corrected chi connectivity index (χ0v) is 36.5. The van der Waals surface area contributed by atoms with Gasteiger partial charge >= 0.3 is 0 Å². The van der Waals surface area contributed by atoms with Crippen molar-refractivity contribution in [2.24, 2.45) is 0 Å². The van der Waals surface area contributed by atoms with Crippen molar-refractivity contribution in [3.8, 4) is 22.9 Å². The number of halogens is 4. The number of aryl methyl sites for hydroxylation is 2. The first-order valence-corrected chi connectivity index (χ1v) is 21.7. The fourth-order valence-corrected chi connectivity index (χ4v) is 8.51. The first-order valence-electron chi connectivity index (χ1n) is 20.9. The van der Waals surface area contributed by atoms with Gasteiger partial charge in [-0.15, -0.1) is 10.2 Å². The molecule has 2 atom stereocenters. The Hall–Kier alpha value is -6.78.